The SMILES string of the molecule is CCCc1cc(=O)[nH]c(CC(=O)OCC)n1. The second-order valence-electron chi connectivity index (χ2n) is 3.42. The van der Waals surface area contributed by atoms with Crippen LogP contribution in [0.4, 0.5) is 0 Å². The van der Waals surface area contributed by atoms with Crippen LogP contribution in [-0.4, -0.2) is 22.5 Å². The van der Waals surface area contributed by atoms with Crippen LogP contribution >= 0.6 is 0 Å². The molecule has 0 saturated heterocycles. The van der Waals surface area contributed by atoms with Crippen LogP contribution in [-0.2, 0) is 22.4 Å². The second kappa shape index (κ2) is 6.05. The first-order valence-corrected chi connectivity index (χ1v) is 5.40. The Morgan fingerprint density at radius 1 is 1.50 bits per heavy atom. The third-order valence-corrected chi connectivity index (χ3v) is 1.97. The molecule has 0 saturated carbocycles. The van der Waals surface area contributed by atoms with Crippen molar-refractivity contribution in [2.75, 3.05) is 6.61 Å². The van der Waals surface area contributed by atoms with Crippen molar-refractivity contribution in [2.24, 2.45) is 0 Å². The Kier molecular flexibility index (Phi) is 4.69. The molecule has 5 nitrogen and oxygen atoms in total. The summed E-state index contributed by atoms with van der Waals surface area (Å²) < 4.78 is 4.78. The Hall–Kier alpha value is -1.65. The van der Waals surface area contributed by atoms with Gasteiger partial charge in [0.2, 0.25) is 0 Å². The van der Waals surface area contributed by atoms with Gasteiger partial charge in [-0.3, -0.25) is 9.59 Å². The highest BCUT2D eigenvalue weighted by atomic mass is 16.5. The van der Waals surface area contributed by atoms with E-state index in [4.69, 9.17) is 4.74 Å². The quantitative estimate of drug-likeness (QED) is 0.752. The van der Waals surface area contributed by atoms with Gasteiger partial charge in [0.15, 0.2) is 0 Å². The second-order valence-corrected chi connectivity index (χ2v) is 3.42. The fraction of sp³-hybridized carbons (Fsp3) is 0.545. The molecule has 1 aromatic heterocycles. The van der Waals surface area contributed by atoms with E-state index in [1.807, 2.05) is 6.92 Å². The zero-order valence-corrected chi connectivity index (χ0v) is 9.58. The normalized spacial score (nSPS) is 10.1. The molecule has 0 unspecified atom stereocenters. The highest BCUT2D eigenvalue weighted by Gasteiger charge is 2.07. The molecule has 1 aromatic rings. The number of aryl methyl sites for hydroxylation is 1. The average molecular weight is 224 g/mol. The van der Waals surface area contributed by atoms with E-state index in [1.54, 1.807) is 6.92 Å². The fourth-order valence-corrected chi connectivity index (χ4v) is 1.38. The summed E-state index contributed by atoms with van der Waals surface area (Å²) in [5.41, 5.74) is 0.489. The molecule has 0 bridgehead atoms. The number of aromatic nitrogens is 2. The third-order valence-electron chi connectivity index (χ3n) is 1.97. The smallest absolute Gasteiger partial charge is 0.313 e. The number of H-pyrrole nitrogens is 1. The topological polar surface area (TPSA) is 72.0 Å². The molecule has 5 heteroatoms. The van der Waals surface area contributed by atoms with Crippen LogP contribution in [0.2, 0.25) is 0 Å². The van der Waals surface area contributed by atoms with Crippen molar-refractivity contribution in [3.8, 4) is 0 Å². The highest BCUT2D eigenvalue weighted by Crippen LogP contribution is 1.98. The lowest BCUT2D eigenvalue weighted by Gasteiger charge is -2.03. The van der Waals surface area contributed by atoms with Gasteiger partial charge in [-0.05, 0) is 13.3 Å². The number of hydrogen-bond donors (Lipinski definition) is 1. The minimum atomic E-state index is -0.376. The molecule has 1 N–H and O–H groups in total. The maximum absolute atomic E-state index is 11.3. The van der Waals surface area contributed by atoms with Gasteiger partial charge in [-0.15, -0.1) is 0 Å². The molecule has 0 radical (unpaired) electrons. The summed E-state index contributed by atoms with van der Waals surface area (Å²) in [6.45, 7) is 4.08. The van der Waals surface area contributed by atoms with Gasteiger partial charge < -0.3 is 9.72 Å². The van der Waals surface area contributed by atoms with Crippen molar-refractivity contribution in [3.05, 3.63) is 27.9 Å². The van der Waals surface area contributed by atoms with Gasteiger partial charge in [-0.2, -0.15) is 0 Å². The molecule has 1 heterocycles. The maximum atomic E-state index is 11.3. The van der Waals surface area contributed by atoms with Gasteiger partial charge >= 0.3 is 5.97 Å². The summed E-state index contributed by atoms with van der Waals surface area (Å²) in [6.07, 6.45) is 1.66. The van der Waals surface area contributed by atoms with Crippen LogP contribution < -0.4 is 5.56 Å². The Labute approximate surface area is 93.9 Å². The minimum Gasteiger partial charge on any atom is -0.466 e. The van der Waals surface area contributed by atoms with E-state index in [0.717, 1.165) is 12.8 Å². The lowest BCUT2D eigenvalue weighted by molar-refractivity contribution is -0.142. The van der Waals surface area contributed by atoms with Crippen molar-refractivity contribution >= 4 is 5.97 Å². The molecule has 0 amide bonds. The van der Waals surface area contributed by atoms with E-state index in [1.165, 1.54) is 6.07 Å². The number of esters is 1. The molecular formula is C11H16N2O3. The van der Waals surface area contributed by atoms with Gasteiger partial charge in [0.25, 0.3) is 5.56 Å². The molecule has 0 aliphatic heterocycles. The van der Waals surface area contributed by atoms with E-state index in [9.17, 15) is 9.59 Å². The van der Waals surface area contributed by atoms with E-state index < -0.39 is 0 Å². The third kappa shape index (κ3) is 3.84. The molecule has 0 aromatic carbocycles. The largest absolute Gasteiger partial charge is 0.466 e. The summed E-state index contributed by atoms with van der Waals surface area (Å²) in [4.78, 5) is 29.2. The fourth-order valence-electron chi connectivity index (χ4n) is 1.38. The van der Waals surface area contributed by atoms with Crippen LogP contribution in [0.1, 0.15) is 31.8 Å². The van der Waals surface area contributed by atoms with Crippen LogP contribution in [0.5, 0.6) is 0 Å². The molecule has 0 aliphatic carbocycles. The number of nitrogens with zero attached hydrogens (tertiary/aromatic N) is 1. The monoisotopic (exact) mass is 224 g/mol. The number of ether oxygens (including phenoxy) is 1. The highest BCUT2D eigenvalue weighted by molar-refractivity contribution is 5.71. The van der Waals surface area contributed by atoms with Crippen molar-refractivity contribution in [2.45, 2.75) is 33.1 Å². The number of carbonyl (C=O) groups is 1. The number of nitrogens with one attached hydrogen (secondary N) is 1. The van der Waals surface area contributed by atoms with Crippen molar-refractivity contribution < 1.29 is 9.53 Å². The number of rotatable bonds is 5. The van der Waals surface area contributed by atoms with E-state index >= 15 is 0 Å². The van der Waals surface area contributed by atoms with Crippen LogP contribution in [0.3, 0.4) is 0 Å². The van der Waals surface area contributed by atoms with Crippen LogP contribution in [0, 0.1) is 0 Å². The zero-order chi connectivity index (χ0) is 12.0. The lowest BCUT2D eigenvalue weighted by atomic mass is 10.2. The molecule has 16 heavy (non-hydrogen) atoms. The first-order chi connectivity index (χ1) is 7.65. The Morgan fingerprint density at radius 3 is 2.88 bits per heavy atom. The molecule has 0 spiro atoms. The molecule has 88 valence electrons. The summed E-state index contributed by atoms with van der Waals surface area (Å²) in [5.74, 6) is -0.00583. The molecule has 0 fully saturated rings. The summed E-state index contributed by atoms with van der Waals surface area (Å²) in [6, 6.07) is 1.46. The maximum Gasteiger partial charge on any atom is 0.313 e. The van der Waals surface area contributed by atoms with E-state index in [2.05, 4.69) is 9.97 Å². The van der Waals surface area contributed by atoms with Gasteiger partial charge in [-0.1, -0.05) is 13.3 Å². The van der Waals surface area contributed by atoms with Gasteiger partial charge in [-0.25, -0.2) is 4.98 Å². The number of carbonyl (C=O) groups excluding carboxylic acids is 1. The first kappa shape index (κ1) is 12.4. The Balaban J connectivity index is 2.79. The van der Waals surface area contributed by atoms with Crippen molar-refractivity contribution in [1.29, 1.82) is 0 Å². The summed E-state index contributed by atoms with van der Waals surface area (Å²) >= 11 is 0. The van der Waals surface area contributed by atoms with Gasteiger partial charge in [0.05, 0.1) is 6.61 Å². The lowest BCUT2D eigenvalue weighted by Crippen LogP contribution is -2.17. The molecule has 0 atom stereocenters. The first-order valence-electron chi connectivity index (χ1n) is 5.40. The number of aromatic amines is 1. The molecule has 0 aliphatic rings. The van der Waals surface area contributed by atoms with Crippen molar-refractivity contribution in [1.82, 2.24) is 9.97 Å². The number of hydrogen-bond acceptors (Lipinski definition) is 4. The van der Waals surface area contributed by atoms with Crippen molar-refractivity contribution in [3.63, 3.8) is 0 Å². The Morgan fingerprint density at radius 2 is 2.25 bits per heavy atom. The molecule has 1 rings (SSSR count). The van der Waals surface area contributed by atoms with Gasteiger partial charge in [0.1, 0.15) is 12.2 Å². The predicted octanol–water partition coefficient (Wildman–Crippen LogP) is 0.828. The van der Waals surface area contributed by atoms with E-state index in [-0.39, 0.29) is 17.9 Å². The van der Waals surface area contributed by atoms with Gasteiger partial charge in [0, 0.05) is 11.8 Å². The summed E-state index contributed by atoms with van der Waals surface area (Å²) in [5, 5.41) is 0. The summed E-state index contributed by atoms with van der Waals surface area (Å²) in [7, 11) is 0. The van der Waals surface area contributed by atoms with Crippen LogP contribution in [0.15, 0.2) is 10.9 Å². The minimum absolute atomic E-state index is 0.0145. The average Bonchev–Trinajstić information content (AvgIpc) is 2.17. The Bertz CT molecular complexity index is 412. The predicted molar refractivity (Wildman–Crippen MR) is 59.2 cm³/mol. The molecular weight excluding hydrogens is 208 g/mol. The standard InChI is InChI=1S/C11H16N2O3/c1-3-5-8-6-10(14)13-9(12-8)7-11(15)16-4-2/h6H,3-5,7H2,1-2H3,(H,12,13,14). The van der Waals surface area contributed by atoms with Crippen LogP contribution in [0.25, 0.3) is 0 Å². The van der Waals surface area contributed by atoms with E-state index in [0.29, 0.717) is 18.1 Å². The zero-order valence-electron chi connectivity index (χ0n) is 9.58.